The van der Waals surface area contributed by atoms with Crippen LogP contribution in [0.15, 0.2) is 24.3 Å². The van der Waals surface area contributed by atoms with Gasteiger partial charge in [-0.2, -0.15) is 5.26 Å². The number of rotatable bonds is 3. The fourth-order valence-corrected chi connectivity index (χ4v) is 2.97. The predicted molar refractivity (Wildman–Crippen MR) is 68.7 cm³/mol. The molecule has 18 heavy (non-hydrogen) atoms. The van der Waals surface area contributed by atoms with Crippen LogP contribution in [0.1, 0.15) is 24.8 Å². The Kier molecular flexibility index (Phi) is 2.79. The summed E-state index contributed by atoms with van der Waals surface area (Å²) in [7, 11) is 0. The lowest BCUT2D eigenvalue weighted by atomic mass is 10.0. The van der Waals surface area contributed by atoms with Crippen molar-refractivity contribution in [3.63, 3.8) is 0 Å². The Balaban J connectivity index is 1.58. The zero-order valence-corrected chi connectivity index (χ0v) is 10.2. The van der Waals surface area contributed by atoms with Crippen LogP contribution in [-0.2, 0) is 11.2 Å². The van der Waals surface area contributed by atoms with Crippen molar-refractivity contribution in [3.05, 3.63) is 29.8 Å². The Morgan fingerprint density at radius 3 is 2.50 bits per heavy atom. The summed E-state index contributed by atoms with van der Waals surface area (Å²) in [6.45, 7) is 0. The molecule has 1 N–H and O–H groups in total. The Morgan fingerprint density at radius 2 is 1.89 bits per heavy atom. The highest BCUT2D eigenvalue weighted by Gasteiger charge is 2.47. The van der Waals surface area contributed by atoms with Crippen LogP contribution >= 0.6 is 0 Å². The minimum absolute atomic E-state index is 0.162. The predicted octanol–water partition coefficient (Wildman–Crippen LogP) is 2.74. The number of hydrogen-bond donors (Lipinski definition) is 1. The van der Waals surface area contributed by atoms with Gasteiger partial charge in [0.2, 0.25) is 5.91 Å². The number of anilines is 1. The van der Waals surface area contributed by atoms with E-state index < -0.39 is 0 Å². The number of nitriles is 1. The molecule has 2 atom stereocenters. The van der Waals surface area contributed by atoms with E-state index in [9.17, 15) is 4.79 Å². The van der Waals surface area contributed by atoms with Crippen LogP contribution < -0.4 is 5.32 Å². The number of amides is 1. The molecule has 0 saturated heterocycles. The second-order valence-corrected chi connectivity index (χ2v) is 5.45. The molecule has 3 nitrogen and oxygen atoms in total. The number of benzene rings is 1. The largest absolute Gasteiger partial charge is 0.326 e. The van der Waals surface area contributed by atoms with Gasteiger partial charge in [0.1, 0.15) is 0 Å². The third kappa shape index (κ3) is 2.24. The fourth-order valence-electron chi connectivity index (χ4n) is 2.97. The van der Waals surface area contributed by atoms with Crippen LogP contribution in [0.2, 0.25) is 0 Å². The van der Waals surface area contributed by atoms with Gasteiger partial charge in [0, 0.05) is 11.6 Å². The van der Waals surface area contributed by atoms with Gasteiger partial charge >= 0.3 is 0 Å². The number of carbonyl (C=O) groups excluding carboxylic acids is 1. The zero-order valence-electron chi connectivity index (χ0n) is 10.2. The molecule has 2 aliphatic carbocycles. The number of nitrogens with one attached hydrogen (secondary N) is 1. The second-order valence-electron chi connectivity index (χ2n) is 5.45. The Hall–Kier alpha value is -1.82. The number of carbonyl (C=O) groups is 1. The molecule has 2 aliphatic rings. The van der Waals surface area contributed by atoms with E-state index in [0.717, 1.165) is 35.9 Å². The van der Waals surface area contributed by atoms with E-state index in [4.69, 9.17) is 5.26 Å². The van der Waals surface area contributed by atoms with Gasteiger partial charge in [0.15, 0.2) is 0 Å². The lowest BCUT2D eigenvalue weighted by molar-refractivity contribution is -0.120. The van der Waals surface area contributed by atoms with Crippen molar-refractivity contribution in [1.29, 1.82) is 5.26 Å². The molecule has 0 aromatic heterocycles. The number of fused-ring (bicyclic) bond motifs is 1. The standard InChI is InChI=1S/C15H16N2O/c16-6-5-10-1-3-14(4-2-10)17-15(18)13-8-11-7-12(11)9-13/h1-4,11-13H,5,7-9H2,(H,17,18). The van der Waals surface area contributed by atoms with Crippen molar-refractivity contribution in [2.45, 2.75) is 25.7 Å². The first-order valence-corrected chi connectivity index (χ1v) is 6.53. The third-order valence-corrected chi connectivity index (χ3v) is 4.12. The molecule has 0 radical (unpaired) electrons. The van der Waals surface area contributed by atoms with E-state index in [0.29, 0.717) is 6.42 Å². The van der Waals surface area contributed by atoms with Gasteiger partial charge in [-0.25, -0.2) is 0 Å². The van der Waals surface area contributed by atoms with Crippen molar-refractivity contribution in [2.24, 2.45) is 17.8 Å². The van der Waals surface area contributed by atoms with E-state index in [1.54, 1.807) is 0 Å². The van der Waals surface area contributed by atoms with Crippen LogP contribution in [-0.4, -0.2) is 5.91 Å². The van der Waals surface area contributed by atoms with E-state index in [-0.39, 0.29) is 11.8 Å². The highest BCUT2D eigenvalue weighted by Crippen LogP contribution is 2.54. The molecular formula is C15H16N2O. The molecule has 1 aromatic carbocycles. The van der Waals surface area contributed by atoms with Crippen molar-refractivity contribution < 1.29 is 4.79 Å². The molecule has 2 fully saturated rings. The maximum Gasteiger partial charge on any atom is 0.227 e. The third-order valence-electron chi connectivity index (χ3n) is 4.12. The van der Waals surface area contributed by atoms with E-state index in [2.05, 4.69) is 11.4 Å². The number of nitrogens with zero attached hydrogens (tertiary/aromatic N) is 1. The molecule has 1 aromatic rings. The molecule has 0 aliphatic heterocycles. The molecule has 0 bridgehead atoms. The van der Waals surface area contributed by atoms with Gasteiger partial charge < -0.3 is 5.32 Å². The monoisotopic (exact) mass is 240 g/mol. The Labute approximate surface area is 107 Å². The van der Waals surface area contributed by atoms with Gasteiger partial charge in [-0.1, -0.05) is 12.1 Å². The molecule has 3 rings (SSSR count). The Morgan fingerprint density at radius 1 is 1.22 bits per heavy atom. The van der Waals surface area contributed by atoms with Crippen LogP contribution in [0.3, 0.4) is 0 Å². The summed E-state index contributed by atoms with van der Waals surface area (Å²) in [5.74, 6) is 2.04. The molecule has 92 valence electrons. The topological polar surface area (TPSA) is 52.9 Å². The Bertz CT molecular complexity index is 490. The number of hydrogen-bond acceptors (Lipinski definition) is 2. The maximum absolute atomic E-state index is 12.0. The molecule has 1 amide bonds. The minimum atomic E-state index is 0.162. The molecule has 0 heterocycles. The van der Waals surface area contributed by atoms with Crippen LogP contribution in [0, 0.1) is 29.1 Å². The summed E-state index contributed by atoms with van der Waals surface area (Å²) in [5, 5.41) is 11.6. The van der Waals surface area contributed by atoms with Gasteiger partial charge in [-0.3, -0.25) is 4.79 Å². The average Bonchev–Trinajstić information content (AvgIpc) is 2.99. The molecule has 2 unspecified atom stereocenters. The summed E-state index contributed by atoms with van der Waals surface area (Å²) in [4.78, 5) is 12.0. The van der Waals surface area contributed by atoms with Gasteiger partial charge in [0.05, 0.1) is 12.5 Å². The summed E-state index contributed by atoms with van der Waals surface area (Å²) < 4.78 is 0. The molecular weight excluding hydrogens is 224 g/mol. The summed E-state index contributed by atoms with van der Waals surface area (Å²) in [6, 6.07) is 9.65. The van der Waals surface area contributed by atoms with Gasteiger partial charge in [-0.15, -0.1) is 0 Å². The van der Waals surface area contributed by atoms with Crippen molar-refractivity contribution in [1.82, 2.24) is 0 Å². The van der Waals surface area contributed by atoms with Crippen LogP contribution in [0.25, 0.3) is 0 Å². The van der Waals surface area contributed by atoms with Gasteiger partial charge in [-0.05, 0) is 48.8 Å². The lowest BCUT2D eigenvalue weighted by Gasteiger charge is -2.12. The minimum Gasteiger partial charge on any atom is -0.326 e. The highest BCUT2D eigenvalue weighted by atomic mass is 16.1. The quantitative estimate of drug-likeness (QED) is 0.883. The van der Waals surface area contributed by atoms with Crippen molar-refractivity contribution in [3.8, 4) is 6.07 Å². The van der Waals surface area contributed by atoms with Crippen molar-refractivity contribution >= 4 is 11.6 Å². The zero-order chi connectivity index (χ0) is 12.5. The molecule has 3 heteroatoms. The summed E-state index contributed by atoms with van der Waals surface area (Å²) in [6.07, 6.45) is 3.90. The summed E-state index contributed by atoms with van der Waals surface area (Å²) >= 11 is 0. The normalized spacial score (nSPS) is 28.3. The maximum atomic E-state index is 12.0. The average molecular weight is 240 g/mol. The first-order chi connectivity index (χ1) is 8.76. The van der Waals surface area contributed by atoms with Gasteiger partial charge in [0.25, 0.3) is 0 Å². The highest BCUT2D eigenvalue weighted by molar-refractivity contribution is 5.92. The van der Waals surface area contributed by atoms with Crippen LogP contribution in [0.4, 0.5) is 5.69 Å². The molecule has 0 spiro atoms. The molecule has 2 saturated carbocycles. The van der Waals surface area contributed by atoms with E-state index >= 15 is 0 Å². The van der Waals surface area contributed by atoms with E-state index in [1.165, 1.54) is 6.42 Å². The van der Waals surface area contributed by atoms with Crippen LogP contribution in [0.5, 0.6) is 0 Å². The fraction of sp³-hybridized carbons (Fsp3) is 0.467. The first kappa shape index (κ1) is 11.3. The first-order valence-electron chi connectivity index (χ1n) is 6.53. The summed E-state index contributed by atoms with van der Waals surface area (Å²) in [5.41, 5.74) is 1.82. The van der Waals surface area contributed by atoms with Crippen molar-refractivity contribution in [2.75, 3.05) is 5.32 Å². The lowest BCUT2D eigenvalue weighted by Crippen LogP contribution is -2.21. The smallest absolute Gasteiger partial charge is 0.227 e. The SMILES string of the molecule is N#CCc1ccc(NC(=O)C2CC3CC3C2)cc1. The second kappa shape index (κ2) is 4.45. The van der Waals surface area contributed by atoms with E-state index in [1.807, 2.05) is 24.3 Å².